The van der Waals surface area contributed by atoms with Crippen LogP contribution in [-0.4, -0.2) is 37.0 Å². The molecule has 4 heteroatoms. The van der Waals surface area contributed by atoms with Gasteiger partial charge < -0.3 is 9.80 Å². The molecule has 1 aliphatic rings. The first-order valence-electron chi connectivity index (χ1n) is 8.44. The van der Waals surface area contributed by atoms with Crippen molar-refractivity contribution in [1.29, 1.82) is 0 Å². The molecule has 1 saturated heterocycles. The smallest absolute Gasteiger partial charge is 0.253 e. The summed E-state index contributed by atoms with van der Waals surface area (Å²) in [5.74, 6) is 0.190. The molecule has 0 aromatic heterocycles. The van der Waals surface area contributed by atoms with Gasteiger partial charge in [0, 0.05) is 37.4 Å². The van der Waals surface area contributed by atoms with E-state index in [1.165, 1.54) is 23.4 Å². The molecule has 24 heavy (non-hydrogen) atoms. The predicted octanol–water partition coefficient (Wildman–Crippen LogP) is 3.91. The number of hydrogen-bond acceptors (Lipinski definition) is 2. The van der Waals surface area contributed by atoms with Crippen LogP contribution >= 0.6 is 0 Å². The van der Waals surface area contributed by atoms with Gasteiger partial charge in [-0.1, -0.05) is 26.0 Å². The maximum Gasteiger partial charge on any atom is 0.253 e. The first-order valence-corrected chi connectivity index (χ1v) is 8.44. The molecule has 0 unspecified atom stereocenters. The summed E-state index contributed by atoms with van der Waals surface area (Å²) in [6.45, 7) is 7.37. The number of halogens is 1. The van der Waals surface area contributed by atoms with Gasteiger partial charge in [-0.05, 0) is 47.9 Å². The first kappa shape index (κ1) is 16.5. The van der Waals surface area contributed by atoms with Crippen molar-refractivity contribution in [3.8, 4) is 0 Å². The predicted molar refractivity (Wildman–Crippen MR) is 95.0 cm³/mol. The summed E-state index contributed by atoms with van der Waals surface area (Å²) < 4.78 is 13.0. The third kappa shape index (κ3) is 3.58. The number of amides is 1. The Morgan fingerprint density at radius 2 is 1.50 bits per heavy atom. The quantitative estimate of drug-likeness (QED) is 0.854. The van der Waals surface area contributed by atoms with Crippen molar-refractivity contribution in [2.75, 3.05) is 31.1 Å². The van der Waals surface area contributed by atoms with Gasteiger partial charge in [-0.25, -0.2) is 4.39 Å². The number of carbonyl (C=O) groups is 1. The molecule has 3 nitrogen and oxygen atoms in total. The summed E-state index contributed by atoms with van der Waals surface area (Å²) in [6, 6.07) is 14.4. The minimum Gasteiger partial charge on any atom is -0.368 e. The van der Waals surface area contributed by atoms with Crippen molar-refractivity contribution in [1.82, 2.24) is 4.90 Å². The first-order chi connectivity index (χ1) is 11.5. The Kier molecular flexibility index (Phi) is 4.84. The third-order valence-electron chi connectivity index (χ3n) is 4.58. The Morgan fingerprint density at radius 1 is 0.917 bits per heavy atom. The molecular weight excluding hydrogens is 303 g/mol. The molecule has 0 saturated carbocycles. The van der Waals surface area contributed by atoms with Gasteiger partial charge in [-0.3, -0.25) is 4.79 Å². The van der Waals surface area contributed by atoms with Crippen molar-refractivity contribution in [2.45, 2.75) is 19.8 Å². The lowest BCUT2D eigenvalue weighted by Gasteiger charge is -2.36. The van der Waals surface area contributed by atoms with Gasteiger partial charge in [0.2, 0.25) is 0 Å². The lowest BCUT2D eigenvalue weighted by Crippen LogP contribution is -2.48. The van der Waals surface area contributed by atoms with Crippen LogP contribution in [0.5, 0.6) is 0 Å². The van der Waals surface area contributed by atoms with Crippen LogP contribution in [0.2, 0.25) is 0 Å². The fourth-order valence-electron chi connectivity index (χ4n) is 3.01. The zero-order chi connectivity index (χ0) is 17.1. The molecular formula is C20H23FN2O. The molecule has 1 amide bonds. The molecule has 2 aromatic rings. The zero-order valence-corrected chi connectivity index (χ0v) is 14.2. The van der Waals surface area contributed by atoms with E-state index in [0.29, 0.717) is 24.6 Å². The number of nitrogens with zero attached hydrogens (tertiary/aromatic N) is 2. The molecule has 0 radical (unpaired) electrons. The molecule has 1 fully saturated rings. The number of benzene rings is 2. The largest absolute Gasteiger partial charge is 0.368 e. The van der Waals surface area contributed by atoms with E-state index in [-0.39, 0.29) is 11.7 Å². The molecule has 0 N–H and O–H groups in total. The Hall–Kier alpha value is -2.36. The van der Waals surface area contributed by atoms with E-state index in [1.807, 2.05) is 4.90 Å². The fraction of sp³-hybridized carbons (Fsp3) is 0.350. The molecule has 126 valence electrons. The van der Waals surface area contributed by atoms with E-state index in [0.717, 1.165) is 13.1 Å². The normalized spacial score (nSPS) is 15.0. The van der Waals surface area contributed by atoms with E-state index < -0.39 is 0 Å². The fourth-order valence-corrected chi connectivity index (χ4v) is 3.01. The van der Waals surface area contributed by atoms with Crippen molar-refractivity contribution in [3.05, 3.63) is 65.5 Å². The van der Waals surface area contributed by atoms with E-state index in [9.17, 15) is 9.18 Å². The molecule has 1 aliphatic heterocycles. The Labute approximate surface area is 142 Å². The third-order valence-corrected chi connectivity index (χ3v) is 4.58. The maximum atomic E-state index is 13.0. The average molecular weight is 326 g/mol. The number of anilines is 1. The van der Waals surface area contributed by atoms with Crippen LogP contribution in [-0.2, 0) is 0 Å². The molecule has 0 spiro atoms. The van der Waals surface area contributed by atoms with Crippen LogP contribution in [0.25, 0.3) is 0 Å². The van der Waals surface area contributed by atoms with E-state index >= 15 is 0 Å². The van der Waals surface area contributed by atoms with Crippen LogP contribution in [0, 0.1) is 5.82 Å². The van der Waals surface area contributed by atoms with Crippen molar-refractivity contribution < 1.29 is 9.18 Å². The van der Waals surface area contributed by atoms with Crippen molar-refractivity contribution >= 4 is 11.6 Å². The summed E-state index contributed by atoms with van der Waals surface area (Å²) in [5, 5.41) is 0. The molecule has 0 bridgehead atoms. The van der Waals surface area contributed by atoms with E-state index in [4.69, 9.17) is 0 Å². The van der Waals surface area contributed by atoms with Crippen LogP contribution in [0.15, 0.2) is 48.5 Å². The number of hydrogen-bond donors (Lipinski definition) is 0. The van der Waals surface area contributed by atoms with Crippen LogP contribution < -0.4 is 4.90 Å². The second kappa shape index (κ2) is 7.04. The highest BCUT2D eigenvalue weighted by Crippen LogP contribution is 2.21. The van der Waals surface area contributed by atoms with Gasteiger partial charge >= 0.3 is 0 Å². The van der Waals surface area contributed by atoms with Crippen molar-refractivity contribution in [2.24, 2.45) is 0 Å². The second-order valence-corrected chi connectivity index (χ2v) is 6.53. The Bertz CT molecular complexity index is 687. The highest BCUT2D eigenvalue weighted by molar-refractivity contribution is 5.94. The maximum absolute atomic E-state index is 13.0. The summed E-state index contributed by atoms with van der Waals surface area (Å²) in [7, 11) is 0. The van der Waals surface area contributed by atoms with Gasteiger partial charge in [0.1, 0.15) is 5.82 Å². The summed E-state index contributed by atoms with van der Waals surface area (Å²) in [4.78, 5) is 16.6. The molecule has 0 aliphatic carbocycles. The van der Waals surface area contributed by atoms with Gasteiger partial charge in [-0.2, -0.15) is 0 Å². The highest BCUT2D eigenvalue weighted by Gasteiger charge is 2.22. The summed E-state index contributed by atoms with van der Waals surface area (Å²) >= 11 is 0. The van der Waals surface area contributed by atoms with Gasteiger partial charge in [0.25, 0.3) is 5.91 Å². The molecule has 0 atom stereocenters. The Balaban J connectivity index is 1.61. The standard InChI is InChI=1S/C20H23FN2O/c1-15(2)16-5-9-19(10-6-16)22-11-13-23(14-12-22)20(24)17-3-7-18(21)8-4-17/h3-10,15H,11-14H2,1-2H3. The van der Waals surface area contributed by atoms with Crippen LogP contribution in [0.3, 0.4) is 0 Å². The lowest BCUT2D eigenvalue weighted by molar-refractivity contribution is 0.0746. The number of carbonyl (C=O) groups excluding carboxylic acids is 1. The molecule has 3 rings (SSSR count). The molecule has 1 heterocycles. The van der Waals surface area contributed by atoms with Crippen LogP contribution in [0.4, 0.5) is 10.1 Å². The van der Waals surface area contributed by atoms with Gasteiger partial charge in [0.15, 0.2) is 0 Å². The Morgan fingerprint density at radius 3 is 2.04 bits per heavy atom. The SMILES string of the molecule is CC(C)c1ccc(N2CCN(C(=O)c3ccc(F)cc3)CC2)cc1. The summed E-state index contributed by atoms with van der Waals surface area (Å²) in [5.41, 5.74) is 3.09. The number of piperazine rings is 1. The monoisotopic (exact) mass is 326 g/mol. The topological polar surface area (TPSA) is 23.6 Å². The lowest BCUT2D eigenvalue weighted by atomic mass is 10.0. The number of rotatable bonds is 3. The van der Waals surface area contributed by atoms with Crippen LogP contribution in [0.1, 0.15) is 35.7 Å². The second-order valence-electron chi connectivity index (χ2n) is 6.53. The van der Waals surface area contributed by atoms with E-state index in [2.05, 4.69) is 43.0 Å². The van der Waals surface area contributed by atoms with Gasteiger partial charge in [-0.15, -0.1) is 0 Å². The molecule has 2 aromatic carbocycles. The van der Waals surface area contributed by atoms with Gasteiger partial charge in [0.05, 0.1) is 0 Å². The van der Waals surface area contributed by atoms with E-state index in [1.54, 1.807) is 12.1 Å². The average Bonchev–Trinajstić information content (AvgIpc) is 2.62. The zero-order valence-electron chi connectivity index (χ0n) is 14.2. The van der Waals surface area contributed by atoms with Crippen molar-refractivity contribution in [3.63, 3.8) is 0 Å². The minimum absolute atomic E-state index is 0.0233. The minimum atomic E-state index is -0.318. The highest BCUT2D eigenvalue weighted by atomic mass is 19.1. The summed E-state index contributed by atoms with van der Waals surface area (Å²) in [6.07, 6.45) is 0.